The fourth-order valence-corrected chi connectivity index (χ4v) is 4.43. The van der Waals surface area contributed by atoms with E-state index in [-0.39, 0.29) is 5.78 Å². The highest BCUT2D eigenvalue weighted by Crippen LogP contribution is 2.17. The van der Waals surface area contributed by atoms with E-state index in [1.165, 1.54) is 0 Å². The zero-order valence-electron chi connectivity index (χ0n) is 25.9. The van der Waals surface area contributed by atoms with Gasteiger partial charge in [-0.15, -0.1) is 0 Å². The van der Waals surface area contributed by atoms with E-state index in [2.05, 4.69) is 0 Å². The van der Waals surface area contributed by atoms with Crippen LogP contribution in [0, 0.1) is 0 Å². The van der Waals surface area contributed by atoms with Crippen LogP contribution in [0.1, 0.15) is 63.5 Å². The summed E-state index contributed by atoms with van der Waals surface area (Å²) in [5.41, 5.74) is 2.86. The molecule has 1 unspecified atom stereocenters. The molecule has 48 heavy (non-hydrogen) atoms. The summed E-state index contributed by atoms with van der Waals surface area (Å²) in [6, 6.07) is 52.1. The molecule has 236 valence electrons. The van der Waals surface area contributed by atoms with Gasteiger partial charge < -0.3 is 5.11 Å². The van der Waals surface area contributed by atoms with Crippen LogP contribution in [0.2, 0.25) is 0 Å². The van der Waals surface area contributed by atoms with Crippen molar-refractivity contribution in [2.75, 3.05) is 0 Å². The van der Waals surface area contributed by atoms with Crippen LogP contribution in [0.15, 0.2) is 182 Å². The topological polar surface area (TPSA) is 106 Å². The smallest absolute Gasteiger partial charge is 0.233 e. The summed E-state index contributed by atoms with van der Waals surface area (Å²) in [5, 5.41) is 9.89. The Labute approximate surface area is 279 Å². The lowest BCUT2D eigenvalue weighted by molar-refractivity contribution is 0.0747. The van der Waals surface area contributed by atoms with Gasteiger partial charge in [0.1, 0.15) is 6.10 Å². The summed E-state index contributed by atoms with van der Waals surface area (Å²) in [6.07, 6.45) is -1.08. The predicted molar refractivity (Wildman–Crippen MR) is 185 cm³/mol. The number of carbonyl (C=O) groups excluding carboxylic acids is 5. The molecule has 6 aromatic rings. The third-order valence-corrected chi connectivity index (χ3v) is 6.98. The quantitative estimate of drug-likeness (QED) is 0.128. The molecular weight excluding hydrogens is 600 g/mol. The average molecular weight is 633 g/mol. The number of hydrogen-bond acceptors (Lipinski definition) is 6. The van der Waals surface area contributed by atoms with Crippen molar-refractivity contribution in [1.82, 2.24) is 0 Å². The Balaban J connectivity index is 0.000000163. The van der Waals surface area contributed by atoms with E-state index >= 15 is 0 Å². The first-order valence-corrected chi connectivity index (χ1v) is 15.1. The second kappa shape index (κ2) is 17.9. The SMILES string of the molecule is O=C(C(=O)c1ccccc1)c1ccccc1.O=C(C(=O)c1ccccc1)c1ccccc1.O=C(c1ccccc1)C(O)c1ccccc1. The second-order valence-corrected chi connectivity index (χ2v) is 10.3. The second-order valence-electron chi connectivity index (χ2n) is 10.3. The van der Waals surface area contributed by atoms with Crippen LogP contribution >= 0.6 is 0 Å². The van der Waals surface area contributed by atoms with E-state index in [1.54, 1.807) is 146 Å². The van der Waals surface area contributed by atoms with Gasteiger partial charge in [0, 0.05) is 27.8 Å². The van der Waals surface area contributed by atoms with E-state index in [9.17, 15) is 29.1 Å². The average Bonchev–Trinajstić information content (AvgIpc) is 3.18. The zero-order valence-corrected chi connectivity index (χ0v) is 25.9. The molecule has 0 bridgehead atoms. The van der Waals surface area contributed by atoms with E-state index in [0.717, 1.165) is 0 Å². The Morgan fingerprint density at radius 2 is 0.521 bits per heavy atom. The van der Waals surface area contributed by atoms with Crippen molar-refractivity contribution < 1.29 is 29.1 Å². The van der Waals surface area contributed by atoms with Crippen LogP contribution in [0.25, 0.3) is 0 Å². The molecule has 0 aromatic heterocycles. The lowest BCUT2D eigenvalue weighted by Gasteiger charge is -2.09. The number of hydrogen-bond donors (Lipinski definition) is 1. The van der Waals surface area contributed by atoms with E-state index in [4.69, 9.17) is 0 Å². The molecule has 0 amide bonds. The molecule has 0 radical (unpaired) electrons. The van der Waals surface area contributed by atoms with Gasteiger partial charge in [0.25, 0.3) is 0 Å². The fraction of sp³-hybridized carbons (Fsp3) is 0.0238. The normalized spacial score (nSPS) is 10.5. The highest BCUT2D eigenvalue weighted by atomic mass is 16.3. The number of carbonyl (C=O) groups is 5. The first-order valence-electron chi connectivity index (χ1n) is 15.1. The number of rotatable bonds is 9. The van der Waals surface area contributed by atoms with Crippen molar-refractivity contribution in [3.8, 4) is 0 Å². The zero-order chi connectivity index (χ0) is 34.1. The first kappa shape index (κ1) is 34.5. The van der Waals surface area contributed by atoms with Crippen LogP contribution in [0.3, 0.4) is 0 Å². The minimum atomic E-state index is -1.08. The van der Waals surface area contributed by atoms with Crippen LogP contribution in [-0.2, 0) is 0 Å². The third kappa shape index (κ3) is 9.81. The van der Waals surface area contributed by atoms with E-state index in [0.29, 0.717) is 33.4 Å². The van der Waals surface area contributed by atoms with E-state index < -0.39 is 29.2 Å². The molecule has 6 rings (SSSR count). The Morgan fingerprint density at radius 1 is 0.312 bits per heavy atom. The lowest BCUT2D eigenvalue weighted by atomic mass is 10.0. The molecule has 1 atom stereocenters. The van der Waals surface area contributed by atoms with Crippen molar-refractivity contribution in [2.45, 2.75) is 6.10 Å². The molecule has 0 heterocycles. The Morgan fingerprint density at radius 3 is 0.771 bits per heavy atom. The molecule has 0 fully saturated rings. The van der Waals surface area contributed by atoms with Crippen LogP contribution in [0.5, 0.6) is 0 Å². The van der Waals surface area contributed by atoms with Gasteiger partial charge in [0.15, 0.2) is 5.78 Å². The number of benzene rings is 6. The summed E-state index contributed by atoms with van der Waals surface area (Å²) in [7, 11) is 0. The van der Waals surface area contributed by atoms with Gasteiger partial charge in [-0.25, -0.2) is 0 Å². The molecule has 6 nitrogen and oxygen atoms in total. The molecule has 0 saturated heterocycles. The maximum absolute atomic E-state index is 11.9. The molecular formula is C42H32O6. The number of Topliss-reactive ketones (excluding diaryl/α,β-unsaturated/α-hetero) is 5. The monoisotopic (exact) mass is 632 g/mol. The van der Waals surface area contributed by atoms with Gasteiger partial charge in [-0.2, -0.15) is 0 Å². The van der Waals surface area contributed by atoms with Gasteiger partial charge in [-0.1, -0.05) is 182 Å². The molecule has 0 aliphatic carbocycles. The first-order chi connectivity index (χ1) is 23.4. The molecule has 0 saturated carbocycles. The maximum Gasteiger partial charge on any atom is 0.233 e. The molecule has 0 aliphatic heterocycles. The molecule has 0 spiro atoms. The van der Waals surface area contributed by atoms with Crippen molar-refractivity contribution in [1.29, 1.82) is 0 Å². The van der Waals surface area contributed by atoms with Crippen molar-refractivity contribution in [3.05, 3.63) is 215 Å². The summed E-state index contributed by atoms with van der Waals surface area (Å²) in [6.45, 7) is 0. The lowest BCUT2D eigenvalue weighted by Crippen LogP contribution is -2.14. The molecule has 6 heteroatoms. The van der Waals surface area contributed by atoms with Crippen molar-refractivity contribution in [2.24, 2.45) is 0 Å². The van der Waals surface area contributed by atoms with Crippen LogP contribution < -0.4 is 0 Å². The molecule has 1 N–H and O–H groups in total. The minimum absolute atomic E-state index is 0.271. The van der Waals surface area contributed by atoms with Gasteiger partial charge in [0.05, 0.1) is 0 Å². The maximum atomic E-state index is 11.9. The third-order valence-electron chi connectivity index (χ3n) is 6.98. The largest absolute Gasteiger partial charge is 0.380 e. The number of aliphatic hydroxyl groups is 1. The summed E-state index contributed by atoms with van der Waals surface area (Å²) >= 11 is 0. The van der Waals surface area contributed by atoms with Crippen LogP contribution in [0.4, 0.5) is 0 Å². The van der Waals surface area contributed by atoms with Gasteiger partial charge in [-0.05, 0) is 5.56 Å². The summed E-state index contributed by atoms with van der Waals surface area (Å²) in [5.74, 6) is -2.14. The minimum Gasteiger partial charge on any atom is -0.380 e. The highest BCUT2D eigenvalue weighted by Gasteiger charge is 2.19. The summed E-state index contributed by atoms with van der Waals surface area (Å²) in [4.78, 5) is 59.1. The molecule has 0 aliphatic rings. The Bertz CT molecular complexity index is 1730. The van der Waals surface area contributed by atoms with Gasteiger partial charge in [0.2, 0.25) is 23.1 Å². The van der Waals surface area contributed by atoms with Crippen molar-refractivity contribution >= 4 is 28.9 Å². The van der Waals surface area contributed by atoms with Crippen molar-refractivity contribution in [3.63, 3.8) is 0 Å². The van der Waals surface area contributed by atoms with Gasteiger partial charge in [-0.3, -0.25) is 24.0 Å². The predicted octanol–water partition coefficient (Wildman–Crippen LogP) is 8.11. The van der Waals surface area contributed by atoms with E-state index in [1.807, 2.05) is 36.4 Å². The Hall–Kier alpha value is -6.37. The van der Waals surface area contributed by atoms with Gasteiger partial charge >= 0.3 is 0 Å². The molecule has 6 aromatic carbocycles. The fourth-order valence-electron chi connectivity index (χ4n) is 4.43. The van der Waals surface area contributed by atoms with Crippen LogP contribution in [-0.4, -0.2) is 34.0 Å². The highest BCUT2D eigenvalue weighted by molar-refractivity contribution is 6.49. The number of aliphatic hydroxyl groups excluding tert-OH is 1. The summed E-state index contributed by atoms with van der Waals surface area (Å²) < 4.78 is 0. The Kier molecular flexibility index (Phi) is 12.9. The number of ketones is 5. The standard InChI is InChI=1S/C14H12O2.2C14H10O2/c3*15-13(11-7-3-1-4-8-11)14(16)12-9-5-2-6-10-12/h1-10,13,15H;2*1-10H.